The Bertz CT molecular complexity index is 961. The number of unbranched alkanes of at least 4 members (excludes halogenated alkanes) is 1. The lowest BCUT2D eigenvalue weighted by molar-refractivity contribution is -0.141. The number of carbonyl (C=O) groups excluding carboxylic acids is 2. The van der Waals surface area contributed by atoms with Crippen LogP contribution in [-0.2, 0) is 21.7 Å². The summed E-state index contributed by atoms with van der Waals surface area (Å²) in [5.41, 5.74) is -0.0140. The van der Waals surface area contributed by atoms with Crippen molar-refractivity contribution in [2.24, 2.45) is 0 Å². The maximum Gasteiger partial charge on any atom is 0.264 e. The van der Waals surface area contributed by atoms with Gasteiger partial charge in [-0.1, -0.05) is 35.3 Å². The van der Waals surface area contributed by atoms with Gasteiger partial charge in [0.25, 0.3) is 5.91 Å². The summed E-state index contributed by atoms with van der Waals surface area (Å²) in [4.78, 5) is 26.5. The molecular weight excluding hydrogens is 450 g/mol. The number of aliphatic hydroxyl groups is 1. The molecule has 1 unspecified atom stereocenters. The van der Waals surface area contributed by atoms with Crippen LogP contribution < -0.4 is 14.4 Å². The minimum Gasteiger partial charge on any atom is -0.493 e. The molecule has 0 saturated heterocycles. The largest absolute Gasteiger partial charge is 0.493 e. The summed E-state index contributed by atoms with van der Waals surface area (Å²) < 4.78 is 12.0. The summed E-state index contributed by atoms with van der Waals surface area (Å²) in [6.07, 6.45) is 1.73. The standard InChI is InChI=1S/C23H26BrNO5/c1-4-5-10-30-20-9-6-16(11-21(20)29-3)14-25-19-8-7-17(24)12-18(19)23(28,22(25)27)13-15(2)26/h6-9,11-12,28H,4-5,10,13-14H2,1-3H3. The quantitative estimate of drug-likeness (QED) is 0.545. The van der Waals surface area contributed by atoms with Crippen molar-refractivity contribution in [3.63, 3.8) is 0 Å². The second-order valence-corrected chi connectivity index (χ2v) is 8.39. The van der Waals surface area contributed by atoms with Crippen LogP contribution in [0.2, 0.25) is 0 Å². The maximum absolute atomic E-state index is 13.2. The Kier molecular flexibility index (Phi) is 6.83. The highest BCUT2D eigenvalue weighted by atomic mass is 79.9. The van der Waals surface area contributed by atoms with Crippen LogP contribution in [0.15, 0.2) is 40.9 Å². The second-order valence-electron chi connectivity index (χ2n) is 7.48. The van der Waals surface area contributed by atoms with Gasteiger partial charge < -0.3 is 19.5 Å². The van der Waals surface area contributed by atoms with E-state index in [1.54, 1.807) is 19.2 Å². The van der Waals surface area contributed by atoms with Crippen molar-refractivity contribution in [1.29, 1.82) is 0 Å². The number of halogens is 1. The minimum absolute atomic E-state index is 0.235. The molecule has 0 bridgehead atoms. The number of ether oxygens (including phenoxy) is 2. The van der Waals surface area contributed by atoms with Gasteiger partial charge in [0.1, 0.15) is 5.78 Å². The summed E-state index contributed by atoms with van der Waals surface area (Å²) in [7, 11) is 1.57. The first-order valence-electron chi connectivity index (χ1n) is 9.93. The zero-order chi connectivity index (χ0) is 21.9. The van der Waals surface area contributed by atoms with Crippen molar-refractivity contribution in [3.05, 3.63) is 52.0 Å². The van der Waals surface area contributed by atoms with Crippen LogP contribution in [0.5, 0.6) is 11.5 Å². The third kappa shape index (κ3) is 4.37. The number of hydrogen-bond donors (Lipinski definition) is 1. The van der Waals surface area contributed by atoms with Gasteiger partial charge in [0.2, 0.25) is 0 Å². The zero-order valence-electron chi connectivity index (χ0n) is 17.4. The fraction of sp³-hybridized carbons (Fsp3) is 0.391. The second kappa shape index (κ2) is 9.18. The summed E-state index contributed by atoms with van der Waals surface area (Å²) in [6.45, 7) is 4.31. The summed E-state index contributed by atoms with van der Waals surface area (Å²) in [6, 6.07) is 10.8. The number of benzene rings is 2. The van der Waals surface area contributed by atoms with Crippen LogP contribution in [0.1, 0.15) is 44.2 Å². The normalized spacial score (nSPS) is 17.8. The van der Waals surface area contributed by atoms with Crippen LogP contribution in [0.25, 0.3) is 0 Å². The van der Waals surface area contributed by atoms with E-state index >= 15 is 0 Å². The van der Waals surface area contributed by atoms with Crippen molar-refractivity contribution in [2.45, 2.75) is 45.3 Å². The molecule has 160 valence electrons. The summed E-state index contributed by atoms with van der Waals surface area (Å²) in [5, 5.41) is 11.1. The Balaban J connectivity index is 1.91. The molecule has 30 heavy (non-hydrogen) atoms. The van der Waals surface area contributed by atoms with Crippen molar-refractivity contribution < 1.29 is 24.2 Å². The third-order valence-corrected chi connectivity index (χ3v) is 5.62. The summed E-state index contributed by atoms with van der Waals surface area (Å²) in [5.74, 6) is 0.479. The van der Waals surface area contributed by atoms with E-state index in [1.807, 2.05) is 24.3 Å². The first kappa shape index (κ1) is 22.3. The van der Waals surface area contributed by atoms with Gasteiger partial charge in [-0.2, -0.15) is 0 Å². The fourth-order valence-electron chi connectivity index (χ4n) is 3.65. The van der Waals surface area contributed by atoms with E-state index in [9.17, 15) is 14.7 Å². The van der Waals surface area contributed by atoms with Gasteiger partial charge >= 0.3 is 0 Å². The molecule has 1 aliphatic heterocycles. The third-order valence-electron chi connectivity index (χ3n) is 5.12. The van der Waals surface area contributed by atoms with Gasteiger partial charge in [-0.25, -0.2) is 0 Å². The zero-order valence-corrected chi connectivity index (χ0v) is 19.0. The van der Waals surface area contributed by atoms with Crippen molar-refractivity contribution in [3.8, 4) is 11.5 Å². The van der Waals surface area contributed by atoms with E-state index in [2.05, 4.69) is 22.9 Å². The molecule has 1 N–H and O–H groups in total. The predicted molar refractivity (Wildman–Crippen MR) is 118 cm³/mol. The molecule has 0 aliphatic carbocycles. The Morgan fingerprint density at radius 2 is 1.97 bits per heavy atom. The lowest BCUT2D eigenvalue weighted by atomic mass is 9.90. The van der Waals surface area contributed by atoms with Gasteiger partial charge in [-0.15, -0.1) is 0 Å². The fourth-order valence-corrected chi connectivity index (χ4v) is 4.01. The van der Waals surface area contributed by atoms with E-state index in [1.165, 1.54) is 11.8 Å². The smallest absolute Gasteiger partial charge is 0.264 e. The summed E-state index contributed by atoms with van der Waals surface area (Å²) >= 11 is 3.39. The first-order chi connectivity index (χ1) is 14.3. The van der Waals surface area contributed by atoms with Gasteiger partial charge in [0.15, 0.2) is 17.1 Å². The van der Waals surface area contributed by atoms with Gasteiger partial charge in [-0.3, -0.25) is 9.59 Å². The number of amides is 1. The Morgan fingerprint density at radius 1 is 1.20 bits per heavy atom. The number of hydrogen-bond acceptors (Lipinski definition) is 5. The van der Waals surface area contributed by atoms with Crippen molar-refractivity contribution in [2.75, 3.05) is 18.6 Å². The van der Waals surface area contributed by atoms with E-state index in [-0.39, 0.29) is 18.7 Å². The monoisotopic (exact) mass is 475 g/mol. The van der Waals surface area contributed by atoms with Gasteiger partial charge in [-0.05, 0) is 49.2 Å². The number of Topliss-reactive ketones (excluding diaryl/α,β-unsaturated/α-hetero) is 1. The number of methoxy groups -OCH3 is 1. The van der Waals surface area contributed by atoms with Crippen LogP contribution in [0, 0.1) is 0 Å². The highest BCUT2D eigenvalue weighted by molar-refractivity contribution is 9.10. The molecular formula is C23H26BrNO5. The lowest BCUT2D eigenvalue weighted by Gasteiger charge is -2.22. The van der Waals surface area contributed by atoms with E-state index in [0.717, 1.165) is 22.9 Å². The molecule has 2 aromatic rings. The number of carbonyl (C=O) groups is 2. The topological polar surface area (TPSA) is 76.1 Å². The van der Waals surface area contributed by atoms with Gasteiger partial charge in [0, 0.05) is 16.5 Å². The number of ketones is 1. The Morgan fingerprint density at radius 3 is 2.63 bits per heavy atom. The van der Waals surface area contributed by atoms with Crippen LogP contribution >= 0.6 is 15.9 Å². The molecule has 6 nitrogen and oxygen atoms in total. The minimum atomic E-state index is -1.86. The first-order valence-corrected chi connectivity index (χ1v) is 10.7. The number of nitrogens with zero attached hydrogens (tertiary/aromatic N) is 1. The molecule has 0 saturated carbocycles. The van der Waals surface area contributed by atoms with Crippen LogP contribution in [-0.4, -0.2) is 30.5 Å². The Labute approximate surface area is 184 Å². The number of anilines is 1. The highest BCUT2D eigenvalue weighted by Crippen LogP contribution is 2.44. The molecule has 1 aliphatic rings. The SMILES string of the molecule is CCCCOc1ccc(CN2C(=O)C(O)(CC(C)=O)c3cc(Br)ccc32)cc1OC. The highest BCUT2D eigenvalue weighted by Gasteiger charge is 2.50. The molecule has 2 aromatic carbocycles. The van der Waals surface area contributed by atoms with E-state index < -0.39 is 11.5 Å². The molecule has 1 heterocycles. The van der Waals surface area contributed by atoms with E-state index in [0.29, 0.717) is 29.4 Å². The Hall–Kier alpha value is -2.38. The predicted octanol–water partition coefficient (Wildman–Crippen LogP) is 4.35. The van der Waals surface area contributed by atoms with Gasteiger partial charge in [0.05, 0.1) is 25.9 Å². The molecule has 0 aromatic heterocycles. The number of fused-ring (bicyclic) bond motifs is 1. The maximum atomic E-state index is 13.2. The van der Waals surface area contributed by atoms with E-state index in [4.69, 9.17) is 9.47 Å². The molecule has 1 atom stereocenters. The average Bonchev–Trinajstić information content (AvgIpc) is 2.90. The van der Waals surface area contributed by atoms with Crippen molar-refractivity contribution in [1.82, 2.24) is 0 Å². The molecule has 3 rings (SSSR count). The molecule has 7 heteroatoms. The molecule has 1 amide bonds. The molecule has 0 spiro atoms. The number of rotatable bonds is 9. The van der Waals surface area contributed by atoms with Crippen LogP contribution in [0.4, 0.5) is 5.69 Å². The van der Waals surface area contributed by atoms with Crippen LogP contribution in [0.3, 0.4) is 0 Å². The lowest BCUT2D eigenvalue weighted by Crippen LogP contribution is -2.41. The van der Waals surface area contributed by atoms with Crippen molar-refractivity contribution >= 4 is 33.3 Å². The molecule has 0 fully saturated rings. The average molecular weight is 476 g/mol. The molecule has 0 radical (unpaired) electrons.